The Bertz CT molecular complexity index is 1260. The van der Waals surface area contributed by atoms with Gasteiger partial charge in [-0.3, -0.25) is 19.0 Å². The van der Waals surface area contributed by atoms with Crippen LogP contribution in [-0.2, 0) is 19.1 Å². The van der Waals surface area contributed by atoms with Crippen molar-refractivity contribution >= 4 is 35.7 Å². The van der Waals surface area contributed by atoms with Gasteiger partial charge in [-0.2, -0.15) is 0 Å². The summed E-state index contributed by atoms with van der Waals surface area (Å²) in [6.07, 6.45) is 23.5. The van der Waals surface area contributed by atoms with Gasteiger partial charge in [-0.1, -0.05) is 104 Å². The molecule has 0 aliphatic rings. The Hall–Kier alpha value is -3.36. The maximum absolute atomic E-state index is 12.8. The Morgan fingerprint density at radius 3 is 1.07 bits per heavy atom. The Balaban J connectivity index is 1.78. The highest BCUT2D eigenvalue weighted by Gasteiger charge is 2.31. The number of esters is 2. The van der Waals surface area contributed by atoms with Gasteiger partial charge >= 0.3 is 11.9 Å². The van der Waals surface area contributed by atoms with Gasteiger partial charge in [-0.05, 0) is 100 Å². The van der Waals surface area contributed by atoms with Crippen molar-refractivity contribution in [3.05, 3.63) is 59.7 Å². The fraction of sp³-hybridized carbons (Fsp3) is 0.667. The zero-order valence-electron chi connectivity index (χ0n) is 36.6. The molecule has 0 saturated carbocycles. The lowest BCUT2D eigenvalue weighted by Gasteiger charge is -2.35. The second-order valence-electron chi connectivity index (χ2n) is 15.5. The summed E-state index contributed by atoms with van der Waals surface area (Å²) < 4.78 is 12.5. The molecule has 0 aliphatic heterocycles. The quantitative estimate of drug-likeness (QED) is 0.0313. The van der Waals surface area contributed by atoms with Crippen LogP contribution in [0.5, 0.6) is 0 Å². The third-order valence-electron chi connectivity index (χ3n) is 11.5. The van der Waals surface area contributed by atoms with Crippen molar-refractivity contribution in [3.63, 3.8) is 0 Å². The highest BCUT2D eigenvalue weighted by Crippen LogP contribution is 2.25. The third-order valence-corrected chi connectivity index (χ3v) is 11.5. The second kappa shape index (κ2) is 29.8. The Labute approximate surface area is 342 Å². The van der Waals surface area contributed by atoms with Gasteiger partial charge in [0.2, 0.25) is 0 Å². The van der Waals surface area contributed by atoms with Crippen molar-refractivity contribution in [1.82, 2.24) is 8.97 Å². The average molecular weight is 777 g/mol. The van der Waals surface area contributed by atoms with Gasteiger partial charge in [-0.25, -0.2) is 9.59 Å². The van der Waals surface area contributed by atoms with Crippen molar-refractivity contribution in [2.45, 2.75) is 144 Å². The van der Waals surface area contributed by atoms with Gasteiger partial charge in [0.15, 0.2) is 13.1 Å². The normalized spacial score (nSPS) is 12.2. The largest absolute Gasteiger partial charge is 0.462 e. The van der Waals surface area contributed by atoms with E-state index in [-0.39, 0.29) is 11.9 Å². The topological polar surface area (TPSA) is 77.3 Å². The number of unbranched alkanes of at least 4 members (excludes halogenated alkanes) is 14. The lowest BCUT2D eigenvalue weighted by molar-refractivity contribution is -0.145. The molecule has 0 aromatic heterocycles. The van der Waals surface area contributed by atoms with E-state index < -0.39 is 0 Å². The van der Waals surface area contributed by atoms with Gasteiger partial charge in [0, 0.05) is 12.4 Å². The predicted octanol–water partition coefficient (Wildman–Crippen LogP) is 11.3. The van der Waals surface area contributed by atoms with E-state index in [9.17, 15) is 9.59 Å². The predicted molar refractivity (Wildman–Crippen MR) is 240 cm³/mol. The summed E-state index contributed by atoms with van der Waals surface area (Å²) in [5, 5.41) is 0. The molecule has 0 N–H and O–H groups in total. The van der Waals surface area contributed by atoms with Gasteiger partial charge in [0.1, 0.15) is 11.4 Å². The number of carbonyl (C=O) groups is 2. The number of quaternary nitrogens is 2. The fourth-order valence-corrected chi connectivity index (χ4v) is 7.45. The summed E-state index contributed by atoms with van der Waals surface area (Å²) in [6.45, 7) is 19.3. The average Bonchev–Trinajstić information content (AvgIpc) is 3.22. The molecule has 0 radical (unpaired) electrons. The first-order valence-electron chi connectivity index (χ1n) is 22.6. The van der Waals surface area contributed by atoms with Crippen LogP contribution in [0.3, 0.4) is 0 Å². The summed E-state index contributed by atoms with van der Waals surface area (Å²) in [7, 11) is 0. The number of benzene rings is 2. The molecule has 2 rings (SSSR count). The van der Waals surface area contributed by atoms with Crippen LogP contribution in [0.25, 0.3) is 0 Å². The number of ether oxygens (including phenoxy) is 2. The molecule has 0 heterocycles. The van der Waals surface area contributed by atoms with Gasteiger partial charge in [0.05, 0.1) is 52.5 Å². The van der Waals surface area contributed by atoms with Crippen molar-refractivity contribution in [3.8, 4) is 0 Å². The van der Waals surface area contributed by atoms with Crippen molar-refractivity contribution in [2.24, 2.45) is 9.98 Å². The first kappa shape index (κ1) is 48.8. The number of nitrogens with zero attached hydrogens (tertiary/aromatic N) is 4. The minimum Gasteiger partial charge on any atom is -0.462 e. The summed E-state index contributed by atoms with van der Waals surface area (Å²) >= 11 is 0. The van der Waals surface area contributed by atoms with E-state index in [4.69, 9.17) is 9.47 Å². The number of rotatable bonds is 33. The molecule has 0 unspecified atom stereocenters. The number of aliphatic imine (C=N–C) groups is 2. The van der Waals surface area contributed by atoms with E-state index in [1.807, 2.05) is 12.4 Å². The molecule has 0 spiro atoms. The van der Waals surface area contributed by atoms with Gasteiger partial charge < -0.3 is 9.47 Å². The molecule has 0 bridgehead atoms. The highest BCUT2D eigenvalue weighted by atomic mass is 16.5. The molecule has 0 amide bonds. The third kappa shape index (κ3) is 18.7. The molecule has 0 aliphatic carbocycles. The Kier molecular flexibility index (Phi) is 26.0. The molecule has 8 heteroatoms. The van der Waals surface area contributed by atoms with E-state index in [0.29, 0.717) is 48.4 Å². The smallest absolute Gasteiger partial charge is 0.362 e. The monoisotopic (exact) mass is 777 g/mol. The SMILES string of the molecule is CCCCCCCCCCOC(=O)C[N+](CC)(CC)c1ccc(C=NCCN=Cc2ccc([N+](CC)(CC)CC(=O)OCCCCCCCCCC)cc2)cc1. The van der Waals surface area contributed by atoms with E-state index in [2.05, 4.69) is 100 Å². The fourth-order valence-electron chi connectivity index (χ4n) is 7.45. The molecule has 0 atom stereocenters. The molecule has 314 valence electrons. The van der Waals surface area contributed by atoms with E-state index in [1.54, 1.807) is 0 Å². The second-order valence-corrected chi connectivity index (χ2v) is 15.5. The standard InChI is InChI=1S/C48H80N4O4/c1-7-13-15-17-19-21-23-25-37-55-47(53)41-51(9-3,10-4)45-31-27-43(28-32-45)39-49-35-36-50-40-44-29-33-46(34-30-44)52(11-5,12-6)42-48(54)56-38-26-24-22-20-18-16-14-8-2/h27-34,39-40H,7-26,35-38,41-42H2,1-6H3/q+2. The van der Waals surface area contributed by atoms with Crippen LogP contribution in [0.1, 0.15) is 155 Å². The van der Waals surface area contributed by atoms with Crippen LogP contribution < -0.4 is 8.97 Å². The number of carbonyl (C=O) groups excluding carboxylic acids is 2. The maximum atomic E-state index is 12.8. The first-order chi connectivity index (χ1) is 27.3. The molecular formula is C48H80N4O4+2. The summed E-state index contributed by atoms with van der Waals surface area (Å²) in [6, 6.07) is 16.8. The van der Waals surface area contributed by atoms with Crippen LogP contribution in [0.15, 0.2) is 58.5 Å². The number of hydrogen-bond donors (Lipinski definition) is 0. The van der Waals surface area contributed by atoms with Crippen molar-refractivity contribution < 1.29 is 19.1 Å². The van der Waals surface area contributed by atoms with Crippen LogP contribution >= 0.6 is 0 Å². The Morgan fingerprint density at radius 1 is 0.464 bits per heavy atom. The number of likely N-dealkylation sites (N-methyl/N-ethyl adjacent to an activating group) is 2. The van der Waals surface area contributed by atoms with E-state index in [0.717, 1.165) is 74.4 Å². The summed E-state index contributed by atoms with van der Waals surface area (Å²) in [5.41, 5.74) is 4.30. The first-order valence-corrected chi connectivity index (χ1v) is 22.6. The Morgan fingerprint density at radius 2 is 0.768 bits per heavy atom. The minimum atomic E-state index is -0.116. The molecular weight excluding hydrogens is 697 g/mol. The zero-order chi connectivity index (χ0) is 40.7. The molecule has 2 aromatic carbocycles. The molecule has 56 heavy (non-hydrogen) atoms. The van der Waals surface area contributed by atoms with Gasteiger partial charge in [0.25, 0.3) is 0 Å². The van der Waals surface area contributed by atoms with Crippen molar-refractivity contribution in [2.75, 3.05) is 65.6 Å². The number of hydrogen-bond acceptors (Lipinski definition) is 6. The van der Waals surface area contributed by atoms with Crippen LogP contribution in [0.4, 0.5) is 11.4 Å². The molecule has 8 nitrogen and oxygen atoms in total. The van der Waals surface area contributed by atoms with Gasteiger partial charge in [-0.15, -0.1) is 0 Å². The summed E-state index contributed by atoms with van der Waals surface area (Å²) in [4.78, 5) is 34.9. The lowest BCUT2D eigenvalue weighted by atomic mass is 10.1. The zero-order valence-corrected chi connectivity index (χ0v) is 36.6. The maximum Gasteiger partial charge on any atom is 0.362 e. The summed E-state index contributed by atoms with van der Waals surface area (Å²) in [5.74, 6) is -0.233. The van der Waals surface area contributed by atoms with Crippen molar-refractivity contribution in [1.29, 1.82) is 0 Å². The van der Waals surface area contributed by atoms with Crippen LogP contribution in [0.2, 0.25) is 0 Å². The lowest BCUT2D eigenvalue weighted by Crippen LogP contribution is -2.52. The van der Waals surface area contributed by atoms with E-state index in [1.165, 1.54) is 77.0 Å². The highest BCUT2D eigenvalue weighted by molar-refractivity contribution is 5.82. The molecule has 0 saturated heterocycles. The van der Waals surface area contributed by atoms with Crippen LogP contribution in [0, 0.1) is 0 Å². The minimum absolute atomic E-state index is 0.116. The molecule has 0 fully saturated rings. The molecule has 2 aromatic rings. The van der Waals surface area contributed by atoms with Crippen LogP contribution in [-0.4, -0.2) is 89.9 Å². The van der Waals surface area contributed by atoms with E-state index >= 15 is 0 Å².